The summed E-state index contributed by atoms with van der Waals surface area (Å²) in [4.78, 5) is 27.7. The number of amides is 2. The molecule has 2 aromatic rings. The van der Waals surface area contributed by atoms with E-state index in [2.05, 4.69) is 0 Å². The average Bonchev–Trinajstić information content (AvgIpc) is 3.15. The maximum Gasteiger partial charge on any atom is 0.406 e. The maximum absolute atomic E-state index is 13.4. The normalized spacial score (nSPS) is 18.1. The molecule has 2 aliphatic rings. The van der Waals surface area contributed by atoms with Crippen LogP contribution in [0.15, 0.2) is 54.6 Å². The van der Waals surface area contributed by atoms with Gasteiger partial charge < -0.3 is 19.3 Å². The Labute approximate surface area is 189 Å². The van der Waals surface area contributed by atoms with E-state index in [9.17, 15) is 22.8 Å². The third kappa shape index (κ3) is 5.66. The first-order valence-electron chi connectivity index (χ1n) is 10.6. The number of hydrogen-bond donors (Lipinski definition) is 0. The number of nitrogens with zero attached hydrogens (tertiary/aromatic N) is 2. The second-order valence-corrected chi connectivity index (χ2v) is 7.88. The highest BCUT2D eigenvalue weighted by Gasteiger charge is 2.41. The number of alkyl halides is 3. The van der Waals surface area contributed by atoms with Crippen molar-refractivity contribution in [2.75, 3.05) is 37.7 Å². The molecule has 174 valence electrons. The Bertz CT molecular complexity index is 1040. The fourth-order valence-electron chi connectivity index (χ4n) is 3.91. The zero-order valence-corrected chi connectivity index (χ0v) is 17.8. The average molecular weight is 460 g/mol. The topological polar surface area (TPSA) is 59.1 Å². The van der Waals surface area contributed by atoms with Gasteiger partial charge in [0.25, 0.3) is 0 Å². The van der Waals surface area contributed by atoms with Crippen LogP contribution >= 0.6 is 0 Å². The summed E-state index contributed by atoms with van der Waals surface area (Å²) < 4.78 is 49.5. The molecule has 2 aliphatic heterocycles. The fraction of sp³-hybridized carbons (Fsp3) is 0.333. The zero-order valence-electron chi connectivity index (χ0n) is 17.8. The number of carbonyl (C=O) groups excluding carboxylic acids is 2. The number of halogens is 3. The molecule has 0 radical (unpaired) electrons. The van der Waals surface area contributed by atoms with Gasteiger partial charge in [0, 0.05) is 31.3 Å². The first kappa shape index (κ1) is 22.7. The number of ether oxygens (including phenoxy) is 2. The van der Waals surface area contributed by atoms with E-state index in [4.69, 9.17) is 9.47 Å². The van der Waals surface area contributed by atoms with Crippen molar-refractivity contribution >= 4 is 23.6 Å². The van der Waals surface area contributed by atoms with Gasteiger partial charge in [0.2, 0.25) is 11.8 Å². The highest BCUT2D eigenvalue weighted by atomic mass is 19.4. The predicted octanol–water partition coefficient (Wildman–Crippen LogP) is 3.92. The minimum atomic E-state index is -4.51. The van der Waals surface area contributed by atoms with Crippen molar-refractivity contribution in [1.29, 1.82) is 0 Å². The second-order valence-electron chi connectivity index (χ2n) is 7.88. The van der Waals surface area contributed by atoms with Crippen LogP contribution in [0.1, 0.15) is 12.0 Å². The van der Waals surface area contributed by atoms with Crippen LogP contribution in [0.3, 0.4) is 0 Å². The van der Waals surface area contributed by atoms with Crippen molar-refractivity contribution in [3.63, 3.8) is 0 Å². The van der Waals surface area contributed by atoms with E-state index >= 15 is 0 Å². The summed E-state index contributed by atoms with van der Waals surface area (Å²) in [7, 11) is 0. The molecule has 0 N–H and O–H groups in total. The van der Waals surface area contributed by atoms with E-state index in [0.717, 1.165) is 5.56 Å². The monoisotopic (exact) mass is 460 g/mol. The number of fused-ring (bicyclic) bond motifs is 1. The van der Waals surface area contributed by atoms with E-state index in [1.54, 1.807) is 24.3 Å². The smallest absolute Gasteiger partial charge is 0.406 e. The molecule has 0 bridgehead atoms. The second kappa shape index (κ2) is 9.56. The molecule has 2 heterocycles. The van der Waals surface area contributed by atoms with E-state index < -0.39 is 30.5 Å². The molecule has 33 heavy (non-hydrogen) atoms. The first-order valence-corrected chi connectivity index (χ1v) is 10.6. The van der Waals surface area contributed by atoms with Crippen molar-refractivity contribution in [1.82, 2.24) is 4.90 Å². The highest BCUT2D eigenvalue weighted by molar-refractivity contribution is 5.99. The summed E-state index contributed by atoms with van der Waals surface area (Å²) in [6.07, 6.45) is -1.11. The quantitative estimate of drug-likeness (QED) is 0.656. The summed E-state index contributed by atoms with van der Waals surface area (Å²) in [6.45, 7) is -0.638. The predicted molar refractivity (Wildman–Crippen MR) is 116 cm³/mol. The van der Waals surface area contributed by atoms with Crippen LogP contribution in [-0.2, 0) is 9.59 Å². The Morgan fingerprint density at radius 1 is 1.09 bits per heavy atom. The van der Waals surface area contributed by atoms with Gasteiger partial charge in [0.15, 0.2) is 11.5 Å². The van der Waals surface area contributed by atoms with Gasteiger partial charge in [0.1, 0.15) is 19.8 Å². The summed E-state index contributed by atoms with van der Waals surface area (Å²) in [6, 6.07) is 14.6. The molecule has 0 spiro atoms. The van der Waals surface area contributed by atoms with Gasteiger partial charge in [0.05, 0.1) is 5.92 Å². The molecule has 0 aliphatic carbocycles. The Balaban J connectivity index is 1.56. The fourth-order valence-corrected chi connectivity index (χ4v) is 3.91. The van der Waals surface area contributed by atoms with Crippen molar-refractivity contribution < 1.29 is 32.2 Å². The minimum Gasteiger partial charge on any atom is -0.486 e. The maximum atomic E-state index is 13.4. The summed E-state index contributed by atoms with van der Waals surface area (Å²) in [5, 5.41) is 0. The van der Waals surface area contributed by atoms with Crippen LogP contribution in [0.25, 0.3) is 6.08 Å². The third-order valence-electron chi connectivity index (χ3n) is 5.44. The lowest BCUT2D eigenvalue weighted by Crippen LogP contribution is -2.39. The summed E-state index contributed by atoms with van der Waals surface area (Å²) in [5.41, 5.74) is 1.46. The number of anilines is 1. The van der Waals surface area contributed by atoms with E-state index in [-0.39, 0.29) is 19.5 Å². The number of likely N-dealkylation sites (tertiary alicyclic amines) is 1. The Morgan fingerprint density at radius 3 is 2.55 bits per heavy atom. The van der Waals surface area contributed by atoms with Gasteiger partial charge in [-0.25, -0.2) is 0 Å². The number of hydrogen-bond acceptors (Lipinski definition) is 4. The molecular weight excluding hydrogens is 437 g/mol. The number of benzene rings is 2. The van der Waals surface area contributed by atoms with Crippen LogP contribution < -0.4 is 14.4 Å². The molecule has 1 saturated heterocycles. The lowest BCUT2D eigenvalue weighted by Gasteiger charge is -2.27. The molecule has 1 unspecified atom stereocenters. The van der Waals surface area contributed by atoms with Crippen molar-refractivity contribution in [2.24, 2.45) is 5.92 Å². The SMILES string of the molecule is O=C1CC(C(=O)N(CC=Cc2ccccc2)c2ccc3c(c2)OCCO3)CN1CC(F)(F)F. The molecule has 0 saturated carbocycles. The van der Waals surface area contributed by atoms with Gasteiger partial charge in [-0.2, -0.15) is 13.2 Å². The Morgan fingerprint density at radius 2 is 1.82 bits per heavy atom. The first-order chi connectivity index (χ1) is 15.8. The molecule has 1 fully saturated rings. The van der Waals surface area contributed by atoms with E-state index in [1.165, 1.54) is 4.90 Å². The lowest BCUT2D eigenvalue weighted by atomic mass is 10.1. The van der Waals surface area contributed by atoms with Gasteiger partial charge >= 0.3 is 6.18 Å². The van der Waals surface area contributed by atoms with Gasteiger partial charge in [-0.3, -0.25) is 9.59 Å². The molecule has 2 aromatic carbocycles. The van der Waals surface area contributed by atoms with Crippen molar-refractivity contribution in [3.8, 4) is 11.5 Å². The molecular formula is C24H23F3N2O4. The third-order valence-corrected chi connectivity index (χ3v) is 5.44. The van der Waals surface area contributed by atoms with Crippen molar-refractivity contribution in [2.45, 2.75) is 12.6 Å². The molecule has 0 aromatic heterocycles. The Hall–Kier alpha value is -3.49. The van der Waals surface area contributed by atoms with Gasteiger partial charge in [-0.05, 0) is 17.7 Å². The highest BCUT2D eigenvalue weighted by Crippen LogP contribution is 2.35. The summed E-state index contributed by atoms with van der Waals surface area (Å²) >= 11 is 0. The number of rotatable bonds is 6. The zero-order chi connectivity index (χ0) is 23.4. The van der Waals surface area contributed by atoms with Crippen LogP contribution in [0.4, 0.5) is 18.9 Å². The Kier molecular flexibility index (Phi) is 6.57. The van der Waals surface area contributed by atoms with Crippen LogP contribution in [0.2, 0.25) is 0 Å². The largest absolute Gasteiger partial charge is 0.486 e. The minimum absolute atomic E-state index is 0.178. The van der Waals surface area contributed by atoms with Crippen LogP contribution in [0.5, 0.6) is 11.5 Å². The number of carbonyl (C=O) groups is 2. The van der Waals surface area contributed by atoms with Gasteiger partial charge in [-0.1, -0.05) is 42.5 Å². The van der Waals surface area contributed by atoms with Crippen LogP contribution in [0, 0.1) is 5.92 Å². The van der Waals surface area contributed by atoms with Gasteiger partial charge in [-0.15, -0.1) is 0 Å². The van der Waals surface area contributed by atoms with E-state index in [1.807, 2.05) is 36.4 Å². The van der Waals surface area contributed by atoms with E-state index in [0.29, 0.717) is 35.3 Å². The summed E-state index contributed by atoms with van der Waals surface area (Å²) in [5.74, 6) is -0.900. The lowest BCUT2D eigenvalue weighted by molar-refractivity contribution is -0.157. The molecule has 4 rings (SSSR count). The molecule has 6 nitrogen and oxygen atoms in total. The standard InChI is InChI=1S/C24H23F3N2O4/c25-24(26,27)16-28-15-18(13-22(28)30)23(31)29(10-4-7-17-5-2-1-3-6-17)19-8-9-20-21(14-19)33-12-11-32-20/h1-9,14,18H,10-13,15-16H2. The van der Waals surface area contributed by atoms with Crippen LogP contribution in [-0.4, -0.2) is 55.7 Å². The van der Waals surface area contributed by atoms with Crippen molar-refractivity contribution in [3.05, 3.63) is 60.2 Å². The molecule has 1 atom stereocenters. The molecule has 2 amide bonds. The molecule has 9 heteroatoms.